The summed E-state index contributed by atoms with van der Waals surface area (Å²) in [5, 5.41) is 2.87. The van der Waals surface area contributed by atoms with E-state index < -0.39 is 0 Å². The van der Waals surface area contributed by atoms with E-state index in [-0.39, 0.29) is 5.91 Å². The van der Waals surface area contributed by atoms with Crippen LogP contribution in [-0.2, 0) is 0 Å². The molecule has 0 aliphatic rings. The molecule has 0 unspecified atom stereocenters. The molecule has 2 aromatic carbocycles. The van der Waals surface area contributed by atoms with Crippen LogP contribution in [0.1, 0.15) is 10.4 Å². The van der Waals surface area contributed by atoms with E-state index in [0.29, 0.717) is 34.3 Å². The van der Waals surface area contributed by atoms with Gasteiger partial charge in [-0.05, 0) is 48.5 Å². The lowest BCUT2D eigenvalue weighted by molar-refractivity contribution is 0.102. The Bertz CT molecular complexity index is 1170. The Balaban J connectivity index is 1.57. The highest BCUT2D eigenvalue weighted by Crippen LogP contribution is 2.40. The average Bonchev–Trinajstić information content (AvgIpc) is 3.22. The number of methoxy groups -OCH3 is 3. The summed E-state index contributed by atoms with van der Waals surface area (Å²) in [6, 6.07) is 14.4. The van der Waals surface area contributed by atoms with Gasteiger partial charge in [0.1, 0.15) is 11.3 Å². The zero-order chi connectivity index (χ0) is 21.1. The van der Waals surface area contributed by atoms with E-state index in [2.05, 4.69) is 20.3 Å². The van der Waals surface area contributed by atoms with Crippen molar-refractivity contribution < 1.29 is 19.0 Å². The molecule has 2 N–H and O–H groups in total. The molecule has 0 aliphatic heterocycles. The number of carbonyl (C=O) groups excluding carboxylic acids is 1. The minimum Gasteiger partial charge on any atom is -0.493 e. The molecule has 0 saturated heterocycles. The van der Waals surface area contributed by atoms with Gasteiger partial charge >= 0.3 is 0 Å². The molecule has 30 heavy (non-hydrogen) atoms. The second kappa shape index (κ2) is 8.12. The number of nitrogens with zero attached hydrogens (tertiary/aromatic N) is 2. The van der Waals surface area contributed by atoms with Gasteiger partial charge < -0.3 is 24.5 Å². The first-order valence-corrected chi connectivity index (χ1v) is 9.16. The molecule has 152 valence electrons. The number of aromatic amines is 1. The van der Waals surface area contributed by atoms with Crippen LogP contribution in [0, 0.1) is 0 Å². The van der Waals surface area contributed by atoms with Crippen LogP contribution in [0.25, 0.3) is 22.6 Å². The summed E-state index contributed by atoms with van der Waals surface area (Å²) in [5.41, 5.74) is 3.38. The number of hydrogen-bond donors (Lipinski definition) is 2. The second-order valence-corrected chi connectivity index (χ2v) is 6.37. The summed E-state index contributed by atoms with van der Waals surface area (Å²) >= 11 is 0. The van der Waals surface area contributed by atoms with E-state index in [9.17, 15) is 4.79 Å². The van der Waals surface area contributed by atoms with Gasteiger partial charge in [0.15, 0.2) is 17.1 Å². The average molecular weight is 404 g/mol. The number of nitrogens with one attached hydrogen (secondary N) is 2. The molecule has 4 rings (SSSR count). The number of aromatic nitrogens is 3. The third-order valence-corrected chi connectivity index (χ3v) is 4.62. The first kappa shape index (κ1) is 19.3. The van der Waals surface area contributed by atoms with Gasteiger partial charge in [0, 0.05) is 17.4 Å². The van der Waals surface area contributed by atoms with Gasteiger partial charge in [-0.15, -0.1) is 0 Å². The van der Waals surface area contributed by atoms with Crippen molar-refractivity contribution in [1.29, 1.82) is 0 Å². The molecule has 0 spiro atoms. The first-order valence-electron chi connectivity index (χ1n) is 9.16. The van der Waals surface area contributed by atoms with Crippen LogP contribution in [0.3, 0.4) is 0 Å². The quantitative estimate of drug-likeness (QED) is 0.506. The lowest BCUT2D eigenvalue weighted by atomic mass is 10.1. The molecule has 8 nitrogen and oxygen atoms in total. The first-order chi connectivity index (χ1) is 14.6. The number of pyridine rings is 1. The topological polar surface area (TPSA) is 98.4 Å². The van der Waals surface area contributed by atoms with E-state index in [1.165, 1.54) is 21.3 Å². The predicted octanol–water partition coefficient (Wildman–Crippen LogP) is 3.90. The molecule has 2 aromatic heterocycles. The normalized spacial score (nSPS) is 10.6. The number of hydrogen-bond acceptors (Lipinski definition) is 6. The van der Waals surface area contributed by atoms with Crippen LogP contribution in [0.4, 0.5) is 5.69 Å². The highest BCUT2D eigenvalue weighted by Gasteiger charge is 2.20. The van der Waals surface area contributed by atoms with Crippen LogP contribution in [0.15, 0.2) is 54.7 Å². The number of rotatable bonds is 6. The number of anilines is 1. The van der Waals surface area contributed by atoms with Crippen molar-refractivity contribution >= 4 is 22.8 Å². The number of ether oxygens (including phenoxy) is 3. The number of carbonyl (C=O) groups is 1. The molecule has 0 radical (unpaired) electrons. The van der Waals surface area contributed by atoms with Gasteiger partial charge in [-0.25, -0.2) is 9.97 Å². The molecule has 1 amide bonds. The molecular formula is C22H20N4O4. The van der Waals surface area contributed by atoms with Gasteiger partial charge in [0.05, 0.1) is 26.9 Å². The van der Waals surface area contributed by atoms with Crippen LogP contribution in [0.2, 0.25) is 0 Å². The van der Waals surface area contributed by atoms with E-state index in [0.717, 1.165) is 16.7 Å². The fraction of sp³-hybridized carbons (Fsp3) is 0.136. The van der Waals surface area contributed by atoms with Crippen LogP contribution in [0.5, 0.6) is 17.2 Å². The summed E-state index contributed by atoms with van der Waals surface area (Å²) in [5.74, 6) is 1.54. The van der Waals surface area contributed by atoms with Crippen molar-refractivity contribution in [1.82, 2.24) is 15.0 Å². The number of fused-ring (bicyclic) bond motifs is 1. The van der Waals surface area contributed by atoms with E-state index >= 15 is 0 Å². The minimum atomic E-state index is -0.325. The molecular weight excluding hydrogens is 384 g/mol. The third-order valence-electron chi connectivity index (χ3n) is 4.62. The molecule has 4 aromatic rings. The lowest BCUT2D eigenvalue weighted by Gasteiger charge is -2.15. The maximum absolute atomic E-state index is 12.8. The zero-order valence-electron chi connectivity index (χ0n) is 16.7. The Labute approximate surface area is 172 Å². The van der Waals surface area contributed by atoms with Gasteiger partial charge in [0.2, 0.25) is 5.75 Å². The fourth-order valence-corrected chi connectivity index (χ4v) is 3.17. The van der Waals surface area contributed by atoms with Crippen molar-refractivity contribution in [2.75, 3.05) is 26.6 Å². The second-order valence-electron chi connectivity index (χ2n) is 6.37. The highest BCUT2D eigenvalue weighted by atomic mass is 16.5. The van der Waals surface area contributed by atoms with E-state index in [1.54, 1.807) is 30.5 Å². The van der Waals surface area contributed by atoms with Crippen molar-refractivity contribution in [2.24, 2.45) is 0 Å². The Kier molecular flexibility index (Phi) is 5.21. The molecule has 2 heterocycles. The summed E-state index contributed by atoms with van der Waals surface area (Å²) < 4.78 is 16.0. The Hall–Kier alpha value is -4.07. The molecule has 8 heteroatoms. The zero-order valence-corrected chi connectivity index (χ0v) is 16.7. The molecule has 0 atom stereocenters. The fourth-order valence-electron chi connectivity index (χ4n) is 3.17. The monoisotopic (exact) mass is 404 g/mol. The van der Waals surface area contributed by atoms with Gasteiger partial charge in [0.25, 0.3) is 5.91 Å². The Morgan fingerprint density at radius 1 is 0.933 bits per heavy atom. The summed E-state index contributed by atoms with van der Waals surface area (Å²) in [6.07, 6.45) is 1.71. The lowest BCUT2D eigenvalue weighted by Crippen LogP contribution is -2.14. The summed E-state index contributed by atoms with van der Waals surface area (Å²) in [7, 11) is 4.50. The Morgan fingerprint density at radius 2 is 1.70 bits per heavy atom. The van der Waals surface area contributed by atoms with Crippen LogP contribution in [-0.4, -0.2) is 42.2 Å². The summed E-state index contributed by atoms with van der Waals surface area (Å²) in [4.78, 5) is 24.8. The molecule has 0 aliphatic carbocycles. The molecule has 0 fully saturated rings. The van der Waals surface area contributed by atoms with Crippen molar-refractivity contribution in [2.45, 2.75) is 0 Å². The van der Waals surface area contributed by atoms with Gasteiger partial charge in [-0.1, -0.05) is 0 Å². The van der Waals surface area contributed by atoms with Crippen molar-refractivity contribution in [3.05, 3.63) is 60.3 Å². The minimum absolute atomic E-state index is 0.306. The Morgan fingerprint density at radius 3 is 2.37 bits per heavy atom. The highest BCUT2D eigenvalue weighted by molar-refractivity contribution is 6.07. The van der Waals surface area contributed by atoms with E-state index in [1.807, 2.05) is 24.3 Å². The number of imidazole rings is 1. The molecule has 0 saturated carbocycles. The molecule has 0 bridgehead atoms. The number of benzene rings is 2. The van der Waals surface area contributed by atoms with Gasteiger partial charge in [-0.3, -0.25) is 4.79 Å². The van der Waals surface area contributed by atoms with Crippen molar-refractivity contribution in [3.8, 4) is 28.6 Å². The smallest absolute Gasteiger partial charge is 0.259 e. The number of amides is 1. The third kappa shape index (κ3) is 3.50. The standard InChI is InChI=1S/C22H20N4O4/c1-28-17-11-10-15(18(29-2)19(17)30-3)22(27)24-14-8-6-13(7-9-14)20-25-16-5-4-12-23-21(16)26-20/h4-12H,1-3H3,(H,24,27)(H,23,25,26). The maximum Gasteiger partial charge on any atom is 0.259 e. The van der Waals surface area contributed by atoms with Crippen LogP contribution < -0.4 is 19.5 Å². The summed E-state index contributed by atoms with van der Waals surface area (Å²) in [6.45, 7) is 0. The van der Waals surface area contributed by atoms with Gasteiger partial charge in [-0.2, -0.15) is 0 Å². The van der Waals surface area contributed by atoms with Crippen molar-refractivity contribution in [3.63, 3.8) is 0 Å². The largest absolute Gasteiger partial charge is 0.493 e. The number of H-pyrrole nitrogens is 1. The predicted molar refractivity (Wildman–Crippen MR) is 113 cm³/mol. The van der Waals surface area contributed by atoms with E-state index in [4.69, 9.17) is 14.2 Å². The SMILES string of the molecule is COc1ccc(C(=O)Nc2ccc(-c3nc4cccnc4[nH]3)cc2)c(OC)c1OC. The maximum atomic E-state index is 12.8. The van der Waals surface area contributed by atoms with Crippen LogP contribution >= 0.6 is 0 Å².